The summed E-state index contributed by atoms with van der Waals surface area (Å²) in [6.07, 6.45) is 4.82. The van der Waals surface area contributed by atoms with Gasteiger partial charge in [0.25, 0.3) is 10.0 Å². The molecule has 5 nitrogen and oxygen atoms in total. The van der Waals surface area contributed by atoms with Crippen LogP contribution < -0.4 is 10.0 Å². The molecule has 0 saturated carbocycles. The van der Waals surface area contributed by atoms with E-state index in [1.807, 2.05) is 0 Å². The molecule has 23 heavy (non-hydrogen) atoms. The summed E-state index contributed by atoms with van der Waals surface area (Å²) in [7, 11) is -3.74. The predicted molar refractivity (Wildman–Crippen MR) is 89.5 cm³/mol. The van der Waals surface area contributed by atoms with Crippen LogP contribution in [0.3, 0.4) is 0 Å². The van der Waals surface area contributed by atoms with Crippen molar-refractivity contribution in [2.45, 2.75) is 31.1 Å². The van der Waals surface area contributed by atoms with Crippen LogP contribution in [0.2, 0.25) is 0 Å². The second kappa shape index (κ2) is 7.92. The normalized spacial score (nSPS) is 11.2. The van der Waals surface area contributed by atoms with Gasteiger partial charge in [0.1, 0.15) is 11.6 Å². The van der Waals surface area contributed by atoms with Crippen LogP contribution in [0, 0.1) is 5.82 Å². The SMILES string of the molecule is CCCCCNc1ccc(NS(=O)(=O)c2ccc(F)cc2)cn1. The molecule has 7 heteroatoms. The maximum absolute atomic E-state index is 12.9. The molecule has 0 atom stereocenters. The van der Waals surface area contributed by atoms with Gasteiger partial charge in [-0.15, -0.1) is 0 Å². The molecular weight excluding hydrogens is 317 g/mol. The number of sulfonamides is 1. The molecule has 1 heterocycles. The highest BCUT2D eigenvalue weighted by atomic mass is 32.2. The van der Waals surface area contributed by atoms with Crippen LogP contribution in [0.15, 0.2) is 47.5 Å². The van der Waals surface area contributed by atoms with Crippen molar-refractivity contribution in [1.82, 2.24) is 4.98 Å². The first-order chi connectivity index (χ1) is 11.0. The summed E-state index contributed by atoms with van der Waals surface area (Å²) in [5.41, 5.74) is 0.355. The van der Waals surface area contributed by atoms with E-state index in [1.165, 1.54) is 18.3 Å². The van der Waals surface area contributed by atoms with Crippen molar-refractivity contribution in [2.75, 3.05) is 16.6 Å². The Morgan fingerprint density at radius 2 is 1.83 bits per heavy atom. The molecule has 0 bridgehead atoms. The third kappa shape index (κ3) is 5.21. The molecule has 0 saturated heterocycles. The van der Waals surface area contributed by atoms with Crippen molar-refractivity contribution in [3.63, 3.8) is 0 Å². The highest BCUT2D eigenvalue weighted by Crippen LogP contribution is 2.17. The van der Waals surface area contributed by atoms with Crippen molar-refractivity contribution in [3.05, 3.63) is 48.4 Å². The Labute approximate surface area is 136 Å². The number of benzene rings is 1. The Hall–Kier alpha value is -2.15. The minimum Gasteiger partial charge on any atom is -0.370 e. The van der Waals surface area contributed by atoms with E-state index >= 15 is 0 Å². The van der Waals surface area contributed by atoms with Gasteiger partial charge in [-0.3, -0.25) is 4.72 Å². The van der Waals surface area contributed by atoms with Gasteiger partial charge in [0.05, 0.1) is 16.8 Å². The average Bonchev–Trinajstić information content (AvgIpc) is 2.53. The first kappa shape index (κ1) is 17.2. The largest absolute Gasteiger partial charge is 0.370 e. The van der Waals surface area contributed by atoms with E-state index < -0.39 is 15.8 Å². The third-order valence-corrected chi connectivity index (χ3v) is 4.62. The van der Waals surface area contributed by atoms with E-state index in [0.717, 1.165) is 37.9 Å². The summed E-state index contributed by atoms with van der Waals surface area (Å²) < 4.78 is 39.6. The van der Waals surface area contributed by atoms with Crippen molar-refractivity contribution in [3.8, 4) is 0 Å². The quantitative estimate of drug-likeness (QED) is 0.722. The molecule has 0 aliphatic heterocycles. The number of nitrogens with one attached hydrogen (secondary N) is 2. The number of unbranched alkanes of at least 4 members (excludes halogenated alkanes) is 2. The van der Waals surface area contributed by atoms with Crippen LogP contribution in [0.1, 0.15) is 26.2 Å². The van der Waals surface area contributed by atoms with Gasteiger partial charge in [0, 0.05) is 6.54 Å². The lowest BCUT2D eigenvalue weighted by molar-refractivity contribution is 0.599. The van der Waals surface area contributed by atoms with E-state index in [0.29, 0.717) is 11.5 Å². The maximum atomic E-state index is 12.9. The van der Waals surface area contributed by atoms with Crippen LogP contribution in [0.5, 0.6) is 0 Å². The zero-order chi connectivity index (χ0) is 16.7. The van der Waals surface area contributed by atoms with E-state index in [4.69, 9.17) is 0 Å². The monoisotopic (exact) mass is 337 g/mol. The fourth-order valence-electron chi connectivity index (χ4n) is 1.98. The summed E-state index contributed by atoms with van der Waals surface area (Å²) in [6.45, 7) is 2.97. The number of anilines is 2. The lowest BCUT2D eigenvalue weighted by Gasteiger charge is -2.09. The van der Waals surface area contributed by atoms with E-state index in [2.05, 4.69) is 21.9 Å². The standard InChI is InChI=1S/C16H20FN3O2S/c1-2-3-4-11-18-16-10-7-14(12-19-16)20-23(21,22)15-8-5-13(17)6-9-15/h5-10,12,20H,2-4,11H2,1H3,(H,18,19). The molecule has 124 valence electrons. The molecule has 0 amide bonds. The van der Waals surface area contributed by atoms with Crippen molar-refractivity contribution in [1.29, 1.82) is 0 Å². The van der Waals surface area contributed by atoms with Crippen molar-refractivity contribution >= 4 is 21.5 Å². The fraction of sp³-hybridized carbons (Fsp3) is 0.312. The molecule has 2 aromatic rings. The second-order valence-electron chi connectivity index (χ2n) is 5.13. The molecule has 0 radical (unpaired) electrons. The van der Waals surface area contributed by atoms with Crippen molar-refractivity contribution < 1.29 is 12.8 Å². The van der Waals surface area contributed by atoms with Gasteiger partial charge in [0.2, 0.25) is 0 Å². The van der Waals surface area contributed by atoms with E-state index in [-0.39, 0.29) is 4.90 Å². The molecule has 0 fully saturated rings. The summed E-state index contributed by atoms with van der Waals surface area (Å²) >= 11 is 0. The molecule has 2 rings (SSSR count). The van der Waals surface area contributed by atoms with Crippen LogP contribution in [-0.4, -0.2) is 19.9 Å². The summed E-state index contributed by atoms with van der Waals surface area (Å²) in [5, 5.41) is 3.18. The predicted octanol–water partition coefficient (Wildman–Crippen LogP) is 3.62. The molecule has 1 aromatic carbocycles. The summed E-state index contributed by atoms with van der Waals surface area (Å²) in [4.78, 5) is 4.17. The minimum absolute atomic E-state index is 0.000618. The molecule has 2 N–H and O–H groups in total. The van der Waals surface area contributed by atoms with Crippen LogP contribution >= 0.6 is 0 Å². The highest BCUT2D eigenvalue weighted by molar-refractivity contribution is 7.92. The Morgan fingerprint density at radius 3 is 2.43 bits per heavy atom. The van der Waals surface area contributed by atoms with Gasteiger partial charge in [-0.25, -0.2) is 17.8 Å². The Bertz CT molecular complexity index is 716. The van der Waals surface area contributed by atoms with Gasteiger partial charge in [-0.2, -0.15) is 0 Å². The molecule has 0 aliphatic rings. The topological polar surface area (TPSA) is 71.1 Å². The maximum Gasteiger partial charge on any atom is 0.261 e. The van der Waals surface area contributed by atoms with Gasteiger partial charge >= 0.3 is 0 Å². The first-order valence-corrected chi connectivity index (χ1v) is 8.98. The van der Waals surface area contributed by atoms with Crippen LogP contribution in [0.25, 0.3) is 0 Å². The fourth-order valence-corrected chi connectivity index (χ4v) is 3.02. The number of aromatic nitrogens is 1. The molecule has 0 spiro atoms. The number of pyridine rings is 1. The van der Waals surface area contributed by atoms with Crippen molar-refractivity contribution in [2.24, 2.45) is 0 Å². The number of hydrogen-bond acceptors (Lipinski definition) is 4. The Kier molecular flexibility index (Phi) is 5.92. The Balaban J connectivity index is 1.98. The first-order valence-electron chi connectivity index (χ1n) is 7.49. The average molecular weight is 337 g/mol. The smallest absolute Gasteiger partial charge is 0.261 e. The summed E-state index contributed by atoms with van der Waals surface area (Å²) in [5.74, 6) is 0.218. The molecule has 0 unspecified atom stereocenters. The van der Waals surface area contributed by atoms with Gasteiger partial charge in [-0.1, -0.05) is 19.8 Å². The number of halogens is 1. The lowest BCUT2D eigenvalue weighted by atomic mass is 10.2. The second-order valence-corrected chi connectivity index (χ2v) is 6.81. The lowest BCUT2D eigenvalue weighted by Crippen LogP contribution is -2.13. The van der Waals surface area contributed by atoms with Crippen LogP contribution in [-0.2, 0) is 10.0 Å². The van der Waals surface area contributed by atoms with Gasteiger partial charge in [0.15, 0.2) is 0 Å². The van der Waals surface area contributed by atoms with Crippen LogP contribution in [0.4, 0.5) is 15.9 Å². The third-order valence-electron chi connectivity index (χ3n) is 3.23. The zero-order valence-corrected chi connectivity index (χ0v) is 13.7. The number of hydrogen-bond donors (Lipinski definition) is 2. The van der Waals surface area contributed by atoms with E-state index in [9.17, 15) is 12.8 Å². The number of nitrogens with zero attached hydrogens (tertiary/aromatic N) is 1. The Morgan fingerprint density at radius 1 is 1.09 bits per heavy atom. The highest BCUT2D eigenvalue weighted by Gasteiger charge is 2.14. The van der Waals surface area contributed by atoms with Gasteiger partial charge < -0.3 is 5.32 Å². The molecule has 1 aromatic heterocycles. The summed E-state index contributed by atoms with van der Waals surface area (Å²) in [6, 6.07) is 8.00. The number of rotatable bonds is 8. The van der Waals surface area contributed by atoms with E-state index in [1.54, 1.807) is 12.1 Å². The molecular formula is C16H20FN3O2S. The zero-order valence-electron chi connectivity index (χ0n) is 12.9. The molecule has 0 aliphatic carbocycles. The minimum atomic E-state index is -3.74. The van der Waals surface area contributed by atoms with Gasteiger partial charge in [-0.05, 0) is 42.8 Å².